The highest BCUT2D eigenvalue weighted by molar-refractivity contribution is 7.92. The molecule has 1 N–H and O–H groups in total. The molecule has 0 aliphatic rings. The third-order valence-corrected chi connectivity index (χ3v) is 5.71. The van der Waals surface area contributed by atoms with Crippen LogP contribution in [0.2, 0.25) is 5.02 Å². The zero-order chi connectivity index (χ0) is 20.9. The molecule has 0 radical (unpaired) electrons. The Morgan fingerprint density at radius 1 is 1.18 bits per heavy atom. The maximum atomic E-state index is 12.6. The van der Waals surface area contributed by atoms with Crippen LogP contribution in [0.15, 0.2) is 42.5 Å². The van der Waals surface area contributed by atoms with Crippen molar-refractivity contribution < 1.29 is 17.9 Å². The van der Waals surface area contributed by atoms with Crippen molar-refractivity contribution in [3.05, 3.63) is 58.6 Å². The fourth-order valence-electron chi connectivity index (χ4n) is 2.80. The molecule has 0 bridgehead atoms. The zero-order valence-electron chi connectivity index (χ0n) is 16.4. The fraction of sp³-hybridized carbons (Fsp3) is 0.350. The minimum atomic E-state index is -3.70. The van der Waals surface area contributed by atoms with Gasteiger partial charge in [0, 0.05) is 5.02 Å². The first-order valence-corrected chi connectivity index (χ1v) is 11.1. The van der Waals surface area contributed by atoms with E-state index in [-0.39, 0.29) is 13.2 Å². The van der Waals surface area contributed by atoms with Gasteiger partial charge in [0.1, 0.15) is 18.4 Å². The third kappa shape index (κ3) is 5.62. The lowest BCUT2D eigenvalue weighted by molar-refractivity contribution is -0.121. The lowest BCUT2D eigenvalue weighted by Crippen LogP contribution is -2.48. The first-order chi connectivity index (χ1) is 13.1. The van der Waals surface area contributed by atoms with Gasteiger partial charge in [0.25, 0.3) is 0 Å². The van der Waals surface area contributed by atoms with Gasteiger partial charge in [-0.1, -0.05) is 35.9 Å². The van der Waals surface area contributed by atoms with Gasteiger partial charge in [-0.3, -0.25) is 9.10 Å². The average molecular weight is 425 g/mol. The van der Waals surface area contributed by atoms with Gasteiger partial charge in [-0.15, -0.1) is 0 Å². The van der Waals surface area contributed by atoms with Crippen LogP contribution in [0.25, 0.3) is 0 Å². The molecule has 2 aromatic rings. The molecule has 0 spiro atoms. The summed E-state index contributed by atoms with van der Waals surface area (Å²) in [4.78, 5) is 12.6. The summed E-state index contributed by atoms with van der Waals surface area (Å²) in [5, 5.41) is 3.12. The van der Waals surface area contributed by atoms with Crippen molar-refractivity contribution in [2.24, 2.45) is 0 Å². The number of sulfonamides is 1. The maximum absolute atomic E-state index is 12.6. The summed E-state index contributed by atoms with van der Waals surface area (Å²) in [5.74, 6) is 0.329. The SMILES string of the molecule is Cc1ccccc1OCCNC(=O)C(C)N(c1cc(Cl)ccc1C)S(C)(=O)=O. The van der Waals surface area contributed by atoms with Crippen LogP contribution in [0, 0.1) is 13.8 Å². The quantitative estimate of drug-likeness (QED) is 0.659. The maximum Gasteiger partial charge on any atom is 0.243 e. The summed E-state index contributed by atoms with van der Waals surface area (Å²) in [7, 11) is -3.70. The lowest BCUT2D eigenvalue weighted by atomic mass is 10.2. The van der Waals surface area contributed by atoms with E-state index in [9.17, 15) is 13.2 Å². The summed E-state index contributed by atoms with van der Waals surface area (Å²) >= 11 is 6.03. The first kappa shape index (κ1) is 22.0. The van der Waals surface area contributed by atoms with Crippen LogP contribution in [0.1, 0.15) is 18.1 Å². The molecule has 0 aromatic heterocycles. The normalized spacial score (nSPS) is 12.3. The number of hydrogen-bond acceptors (Lipinski definition) is 4. The summed E-state index contributed by atoms with van der Waals surface area (Å²) < 4.78 is 31.5. The Morgan fingerprint density at radius 3 is 2.50 bits per heavy atom. The molecule has 0 aliphatic carbocycles. The second-order valence-corrected chi connectivity index (χ2v) is 8.87. The smallest absolute Gasteiger partial charge is 0.243 e. The van der Waals surface area contributed by atoms with Gasteiger partial charge in [-0.05, 0) is 50.1 Å². The Balaban J connectivity index is 2.06. The molecule has 0 fully saturated rings. The molecule has 0 heterocycles. The first-order valence-electron chi connectivity index (χ1n) is 8.83. The van der Waals surface area contributed by atoms with Crippen molar-refractivity contribution in [1.82, 2.24) is 5.32 Å². The summed E-state index contributed by atoms with van der Waals surface area (Å²) in [5.41, 5.74) is 2.09. The highest BCUT2D eigenvalue weighted by Crippen LogP contribution is 2.28. The molecule has 28 heavy (non-hydrogen) atoms. The number of nitrogens with zero attached hydrogens (tertiary/aromatic N) is 1. The van der Waals surface area contributed by atoms with Crippen molar-refractivity contribution in [1.29, 1.82) is 0 Å². The van der Waals surface area contributed by atoms with E-state index in [1.54, 1.807) is 32.0 Å². The molecule has 0 saturated carbocycles. The molecule has 2 aromatic carbocycles. The van der Waals surface area contributed by atoms with Gasteiger partial charge in [0.15, 0.2) is 0 Å². The van der Waals surface area contributed by atoms with E-state index in [0.29, 0.717) is 16.3 Å². The Morgan fingerprint density at radius 2 is 1.86 bits per heavy atom. The Labute approximate surface area is 171 Å². The number of carbonyl (C=O) groups is 1. The Kier molecular flexibility index (Phi) is 7.32. The van der Waals surface area contributed by atoms with Gasteiger partial charge in [0.2, 0.25) is 15.9 Å². The molecule has 1 atom stereocenters. The monoisotopic (exact) mass is 424 g/mol. The van der Waals surface area contributed by atoms with Crippen molar-refractivity contribution in [2.75, 3.05) is 23.7 Å². The number of anilines is 1. The van der Waals surface area contributed by atoms with E-state index in [1.165, 1.54) is 0 Å². The van der Waals surface area contributed by atoms with Crippen LogP contribution < -0.4 is 14.4 Å². The fourth-order valence-corrected chi connectivity index (χ4v) is 4.19. The molecular weight excluding hydrogens is 400 g/mol. The van der Waals surface area contributed by atoms with Crippen LogP contribution in [-0.4, -0.2) is 39.8 Å². The van der Waals surface area contributed by atoms with Gasteiger partial charge < -0.3 is 10.1 Å². The highest BCUT2D eigenvalue weighted by Gasteiger charge is 2.30. The number of halogens is 1. The van der Waals surface area contributed by atoms with Crippen LogP contribution in [0.5, 0.6) is 5.75 Å². The van der Waals surface area contributed by atoms with Gasteiger partial charge in [-0.2, -0.15) is 0 Å². The molecule has 1 unspecified atom stereocenters. The van der Waals surface area contributed by atoms with Crippen LogP contribution in [-0.2, 0) is 14.8 Å². The summed E-state index contributed by atoms with van der Waals surface area (Å²) in [6, 6.07) is 11.6. The number of para-hydroxylation sites is 1. The van der Waals surface area contributed by atoms with Crippen LogP contribution >= 0.6 is 11.6 Å². The number of benzene rings is 2. The van der Waals surface area contributed by atoms with E-state index in [4.69, 9.17) is 16.3 Å². The number of amides is 1. The van der Waals surface area contributed by atoms with E-state index < -0.39 is 22.0 Å². The third-order valence-electron chi connectivity index (χ3n) is 4.25. The standard InChI is InChI=1S/C20H25ClN2O4S/c1-14-9-10-17(21)13-18(14)23(28(4,25)26)16(3)20(24)22-11-12-27-19-8-6-5-7-15(19)2/h5-10,13,16H,11-12H2,1-4H3,(H,22,24). The van der Waals surface area contributed by atoms with Crippen LogP contribution in [0.4, 0.5) is 5.69 Å². The van der Waals surface area contributed by atoms with Gasteiger partial charge >= 0.3 is 0 Å². The Bertz CT molecular complexity index is 947. The Hall–Kier alpha value is -2.25. The number of nitrogens with one attached hydrogen (secondary N) is 1. The van der Waals surface area contributed by atoms with Gasteiger partial charge in [-0.25, -0.2) is 8.42 Å². The highest BCUT2D eigenvalue weighted by atomic mass is 35.5. The molecule has 152 valence electrons. The van der Waals surface area contributed by atoms with Crippen molar-refractivity contribution in [3.63, 3.8) is 0 Å². The molecular formula is C20H25ClN2O4S. The zero-order valence-corrected chi connectivity index (χ0v) is 18.0. The van der Waals surface area contributed by atoms with E-state index >= 15 is 0 Å². The lowest BCUT2D eigenvalue weighted by Gasteiger charge is -2.29. The average Bonchev–Trinajstić information content (AvgIpc) is 2.61. The molecule has 0 saturated heterocycles. The van der Waals surface area contributed by atoms with Gasteiger partial charge in [0.05, 0.1) is 18.5 Å². The minimum Gasteiger partial charge on any atom is -0.491 e. The number of hydrogen-bond donors (Lipinski definition) is 1. The number of ether oxygens (including phenoxy) is 1. The van der Waals surface area contributed by atoms with Crippen molar-refractivity contribution in [2.45, 2.75) is 26.8 Å². The largest absolute Gasteiger partial charge is 0.491 e. The number of aryl methyl sites for hydroxylation is 2. The predicted molar refractivity (Wildman–Crippen MR) is 113 cm³/mol. The second-order valence-electron chi connectivity index (χ2n) is 6.57. The second kappa shape index (κ2) is 9.30. The molecule has 0 aliphatic heterocycles. The molecule has 8 heteroatoms. The van der Waals surface area contributed by atoms with E-state index in [2.05, 4.69) is 5.32 Å². The predicted octanol–water partition coefficient (Wildman–Crippen LogP) is 3.31. The molecule has 1 amide bonds. The number of carbonyl (C=O) groups excluding carboxylic acids is 1. The van der Waals surface area contributed by atoms with E-state index in [0.717, 1.165) is 21.9 Å². The van der Waals surface area contributed by atoms with Crippen LogP contribution in [0.3, 0.4) is 0 Å². The summed E-state index contributed by atoms with van der Waals surface area (Å²) in [6.07, 6.45) is 1.07. The summed E-state index contributed by atoms with van der Waals surface area (Å²) in [6.45, 7) is 5.78. The molecule has 6 nitrogen and oxygen atoms in total. The van der Waals surface area contributed by atoms with Crippen molar-refractivity contribution in [3.8, 4) is 5.75 Å². The molecule has 2 rings (SSSR count). The number of rotatable bonds is 8. The van der Waals surface area contributed by atoms with Crippen molar-refractivity contribution >= 4 is 33.2 Å². The topological polar surface area (TPSA) is 75.7 Å². The minimum absolute atomic E-state index is 0.254. The van der Waals surface area contributed by atoms with E-state index in [1.807, 2.05) is 31.2 Å².